The molecule has 0 radical (unpaired) electrons. The van der Waals surface area contributed by atoms with Gasteiger partial charge in [-0.15, -0.1) is 0 Å². The molecule has 0 atom stereocenters. The summed E-state index contributed by atoms with van der Waals surface area (Å²) in [6, 6.07) is 7.68. The van der Waals surface area contributed by atoms with Crippen LogP contribution < -0.4 is 4.90 Å². The molecule has 0 aromatic heterocycles. The summed E-state index contributed by atoms with van der Waals surface area (Å²) in [5.74, 6) is 0. The van der Waals surface area contributed by atoms with Crippen LogP contribution in [-0.2, 0) is 0 Å². The molecule has 0 unspecified atom stereocenters. The fourth-order valence-electron chi connectivity index (χ4n) is 1.86. The van der Waals surface area contributed by atoms with Crippen molar-refractivity contribution in [1.82, 2.24) is 0 Å². The number of rotatable bonds is 1. The van der Waals surface area contributed by atoms with Crippen LogP contribution in [0.25, 0.3) is 0 Å². The van der Waals surface area contributed by atoms with Crippen molar-refractivity contribution < 1.29 is 0 Å². The van der Waals surface area contributed by atoms with E-state index in [9.17, 15) is 0 Å². The van der Waals surface area contributed by atoms with E-state index in [1.54, 1.807) is 6.07 Å². The van der Waals surface area contributed by atoms with E-state index in [2.05, 4.69) is 24.0 Å². The van der Waals surface area contributed by atoms with Gasteiger partial charge in [0.1, 0.15) is 6.07 Å². The smallest absolute Gasteiger partial charge is 0.101 e. The maximum atomic E-state index is 9.07. The van der Waals surface area contributed by atoms with Crippen molar-refractivity contribution >= 4 is 17.3 Å². The van der Waals surface area contributed by atoms with Gasteiger partial charge in [0.05, 0.1) is 11.3 Å². The molecule has 1 heterocycles. The molecule has 0 N–H and O–H groups in total. The topological polar surface area (TPSA) is 27.0 Å². The second-order valence-electron chi connectivity index (χ2n) is 4.02. The molecule has 0 saturated heterocycles. The van der Waals surface area contributed by atoms with Gasteiger partial charge in [-0.3, -0.25) is 0 Å². The number of anilines is 1. The molecule has 0 aliphatic carbocycles. The van der Waals surface area contributed by atoms with Gasteiger partial charge in [0, 0.05) is 18.1 Å². The first-order valence-corrected chi connectivity index (χ1v) is 5.69. The number of hydrogen-bond donors (Lipinski definition) is 0. The summed E-state index contributed by atoms with van der Waals surface area (Å²) in [6.45, 7) is 3.99. The van der Waals surface area contributed by atoms with Gasteiger partial charge < -0.3 is 4.90 Å². The lowest BCUT2D eigenvalue weighted by Gasteiger charge is -2.28. The average molecular weight is 233 g/mol. The van der Waals surface area contributed by atoms with Crippen molar-refractivity contribution in [2.24, 2.45) is 0 Å². The highest BCUT2D eigenvalue weighted by Crippen LogP contribution is 2.26. The maximum absolute atomic E-state index is 9.07. The highest BCUT2D eigenvalue weighted by Gasteiger charge is 2.13. The van der Waals surface area contributed by atoms with E-state index >= 15 is 0 Å². The van der Waals surface area contributed by atoms with Crippen molar-refractivity contribution in [3.8, 4) is 6.07 Å². The van der Waals surface area contributed by atoms with E-state index in [1.165, 1.54) is 5.57 Å². The first-order chi connectivity index (χ1) is 7.70. The molecule has 1 aliphatic heterocycles. The monoisotopic (exact) mass is 232 g/mol. The minimum absolute atomic E-state index is 0.615. The third-order valence-corrected chi connectivity index (χ3v) is 3.09. The maximum Gasteiger partial charge on any atom is 0.101 e. The molecule has 0 spiro atoms. The van der Waals surface area contributed by atoms with Crippen LogP contribution >= 0.6 is 11.6 Å². The zero-order valence-corrected chi connectivity index (χ0v) is 9.96. The largest absolute Gasteiger partial charge is 0.366 e. The second kappa shape index (κ2) is 4.59. The Kier molecular flexibility index (Phi) is 3.17. The zero-order chi connectivity index (χ0) is 11.5. The van der Waals surface area contributed by atoms with Crippen LogP contribution in [0.1, 0.15) is 18.9 Å². The van der Waals surface area contributed by atoms with Gasteiger partial charge in [0.25, 0.3) is 0 Å². The lowest BCUT2D eigenvalue weighted by Crippen LogP contribution is -2.28. The third kappa shape index (κ3) is 2.20. The van der Waals surface area contributed by atoms with Crippen molar-refractivity contribution in [1.29, 1.82) is 5.26 Å². The third-order valence-electron chi connectivity index (χ3n) is 2.86. The molecule has 0 saturated carbocycles. The first kappa shape index (κ1) is 11.0. The van der Waals surface area contributed by atoms with Crippen LogP contribution in [0.2, 0.25) is 5.02 Å². The summed E-state index contributed by atoms with van der Waals surface area (Å²) in [4.78, 5) is 2.21. The minimum atomic E-state index is 0.615. The second-order valence-corrected chi connectivity index (χ2v) is 4.46. The molecule has 3 heteroatoms. The quantitative estimate of drug-likeness (QED) is 0.695. The number of benzene rings is 1. The molecule has 0 bridgehead atoms. The van der Waals surface area contributed by atoms with E-state index in [-0.39, 0.29) is 0 Å². The Morgan fingerprint density at radius 3 is 2.88 bits per heavy atom. The number of hydrogen-bond acceptors (Lipinski definition) is 2. The lowest BCUT2D eigenvalue weighted by atomic mass is 10.1. The van der Waals surface area contributed by atoms with E-state index in [0.717, 1.165) is 25.2 Å². The van der Waals surface area contributed by atoms with Crippen LogP contribution in [0.3, 0.4) is 0 Å². The molecule has 0 amide bonds. The van der Waals surface area contributed by atoms with E-state index in [1.807, 2.05) is 12.1 Å². The van der Waals surface area contributed by atoms with Crippen molar-refractivity contribution in [2.75, 3.05) is 18.0 Å². The molecule has 1 aromatic carbocycles. The summed E-state index contributed by atoms with van der Waals surface area (Å²) in [6.07, 6.45) is 3.27. The summed E-state index contributed by atoms with van der Waals surface area (Å²) in [7, 11) is 0. The fraction of sp³-hybridized carbons (Fsp3) is 0.308. The van der Waals surface area contributed by atoms with Crippen LogP contribution in [-0.4, -0.2) is 13.1 Å². The molecular formula is C13H13ClN2. The fourth-order valence-corrected chi connectivity index (χ4v) is 2.04. The highest BCUT2D eigenvalue weighted by molar-refractivity contribution is 6.30. The van der Waals surface area contributed by atoms with Gasteiger partial charge >= 0.3 is 0 Å². The molecular weight excluding hydrogens is 220 g/mol. The summed E-state index contributed by atoms with van der Waals surface area (Å²) >= 11 is 5.88. The van der Waals surface area contributed by atoms with Gasteiger partial charge in [-0.2, -0.15) is 5.26 Å². The average Bonchev–Trinajstić information content (AvgIpc) is 2.30. The number of halogens is 1. The molecule has 1 aromatic rings. The van der Waals surface area contributed by atoms with Crippen molar-refractivity contribution in [2.45, 2.75) is 13.3 Å². The molecule has 16 heavy (non-hydrogen) atoms. The number of nitrogens with zero attached hydrogens (tertiary/aromatic N) is 2. The van der Waals surface area contributed by atoms with E-state index in [4.69, 9.17) is 16.9 Å². The lowest BCUT2D eigenvalue weighted by molar-refractivity contribution is 0.787. The Morgan fingerprint density at radius 1 is 1.44 bits per heavy atom. The molecule has 2 nitrogen and oxygen atoms in total. The first-order valence-electron chi connectivity index (χ1n) is 5.31. The molecule has 82 valence electrons. The number of nitriles is 1. The Hall–Kier alpha value is -1.46. The normalized spacial score (nSPS) is 15.6. The minimum Gasteiger partial charge on any atom is -0.366 e. The summed E-state index contributed by atoms with van der Waals surface area (Å²) < 4.78 is 0. The predicted molar refractivity (Wildman–Crippen MR) is 66.8 cm³/mol. The standard InChI is InChI=1S/C13H13ClN2/c1-10-4-6-16(7-5-10)13-3-2-12(14)8-11(13)9-15/h2-4,8H,5-7H2,1H3. The summed E-state index contributed by atoms with van der Waals surface area (Å²) in [5, 5.41) is 9.69. The van der Waals surface area contributed by atoms with E-state index in [0.29, 0.717) is 10.6 Å². The SMILES string of the molecule is CC1=CCN(c2ccc(Cl)cc2C#N)CC1. The van der Waals surface area contributed by atoms with Gasteiger partial charge in [-0.25, -0.2) is 0 Å². The van der Waals surface area contributed by atoms with Gasteiger partial charge in [0.15, 0.2) is 0 Å². The van der Waals surface area contributed by atoms with Gasteiger partial charge in [-0.05, 0) is 31.5 Å². The van der Waals surface area contributed by atoms with Crippen molar-refractivity contribution in [3.63, 3.8) is 0 Å². The van der Waals surface area contributed by atoms with Gasteiger partial charge in [-0.1, -0.05) is 23.3 Å². The van der Waals surface area contributed by atoms with Crippen LogP contribution in [0.15, 0.2) is 29.8 Å². The predicted octanol–water partition coefficient (Wildman–Crippen LogP) is 3.37. The molecule has 2 rings (SSSR count). The van der Waals surface area contributed by atoms with Crippen LogP contribution in [0, 0.1) is 11.3 Å². The Balaban J connectivity index is 2.31. The Labute approximate surface area is 101 Å². The van der Waals surface area contributed by atoms with Crippen molar-refractivity contribution in [3.05, 3.63) is 40.4 Å². The highest BCUT2D eigenvalue weighted by atomic mass is 35.5. The molecule has 1 aliphatic rings. The summed E-state index contributed by atoms with van der Waals surface area (Å²) in [5.41, 5.74) is 3.06. The van der Waals surface area contributed by atoms with Crippen LogP contribution in [0.4, 0.5) is 5.69 Å². The zero-order valence-electron chi connectivity index (χ0n) is 9.20. The van der Waals surface area contributed by atoms with Gasteiger partial charge in [0.2, 0.25) is 0 Å². The van der Waals surface area contributed by atoms with Crippen LogP contribution in [0.5, 0.6) is 0 Å². The molecule has 0 fully saturated rings. The van der Waals surface area contributed by atoms with E-state index < -0.39 is 0 Å². The Morgan fingerprint density at radius 2 is 2.25 bits per heavy atom. The Bertz CT molecular complexity index is 471.